The fraction of sp³-hybridized carbons (Fsp3) is 0.600. The molecule has 6 nitrogen and oxygen atoms in total. The van der Waals surface area contributed by atoms with E-state index < -0.39 is 5.97 Å². The van der Waals surface area contributed by atoms with Crippen LogP contribution in [0.5, 0.6) is 0 Å². The van der Waals surface area contributed by atoms with Crippen LogP contribution in [0.25, 0.3) is 0 Å². The average Bonchev–Trinajstić information content (AvgIpc) is 2.66. The molecule has 0 spiro atoms. The number of anilines is 1. The molecule has 0 aromatic heterocycles. The van der Waals surface area contributed by atoms with Crippen LogP contribution in [0.1, 0.15) is 43.5 Å². The van der Waals surface area contributed by atoms with E-state index >= 15 is 0 Å². The first-order valence-electron chi connectivity index (χ1n) is 9.52. The van der Waals surface area contributed by atoms with Gasteiger partial charge in [-0.15, -0.1) is 0 Å². The molecule has 1 aromatic rings. The van der Waals surface area contributed by atoms with E-state index in [2.05, 4.69) is 18.9 Å². The largest absolute Gasteiger partial charge is 0.480 e. The van der Waals surface area contributed by atoms with Gasteiger partial charge in [-0.2, -0.15) is 0 Å². The van der Waals surface area contributed by atoms with E-state index in [0.29, 0.717) is 13.1 Å². The molecular formula is C20H31N3O3. The van der Waals surface area contributed by atoms with Crippen molar-refractivity contribution >= 4 is 17.6 Å². The van der Waals surface area contributed by atoms with Gasteiger partial charge < -0.3 is 14.9 Å². The number of carbonyl (C=O) groups excluding carboxylic acids is 1. The number of benzene rings is 1. The summed E-state index contributed by atoms with van der Waals surface area (Å²) < 4.78 is 0. The van der Waals surface area contributed by atoms with Gasteiger partial charge in [0.15, 0.2) is 0 Å². The molecule has 0 radical (unpaired) electrons. The van der Waals surface area contributed by atoms with Crippen LogP contribution in [0.2, 0.25) is 0 Å². The molecule has 1 saturated heterocycles. The summed E-state index contributed by atoms with van der Waals surface area (Å²) in [6, 6.07) is 8.05. The minimum atomic E-state index is -0.793. The first kappa shape index (κ1) is 20.2. The monoisotopic (exact) mass is 361 g/mol. The first-order chi connectivity index (χ1) is 12.5. The van der Waals surface area contributed by atoms with Gasteiger partial charge >= 0.3 is 5.97 Å². The molecule has 1 aliphatic rings. The van der Waals surface area contributed by atoms with E-state index in [4.69, 9.17) is 5.11 Å². The highest BCUT2D eigenvalue weighted by atomic mass is 16.4. The summed E-state index contributed by atoms with van der Waals surface area (Å²) in [5.74, 6) is -0.729. The van der Waals surface area contributed by atoms with Crippen molar-refractivity contribution in [3.8, 4) is 0 Å². The van der Waals surface area contributed by atoms with Gasteiger partial charge in [0, 0.05) is 44.0 Å². The lowest BCUT2D eigenvalue weighted by molar-refractivity contribution is -0.139. The normalized spacial score (nSPS) is 15.3. The van der Waals surface area contributed by atoms with Crippen LogP contribution in [0.4, 0.5) is 5.69 Å². The summed E-state index contributed by atoms with van der Waals surface area (Å²) in [6.45, 7) is 7.27. The van der Waals surface area contributed by atoms with E-state index in [-0.39, 0.29) is 18.5 Å². The Kier molecular flexibility index (Phi) is 7.45. The summed E-state index contributed by atoms with van der Waals surface area (Å²) in [5.41, 5.74) is 1.84. The van der Waals surface area contributed by atoms with E-state index in [9.17, 15) is 9.59 Å². The Labute approximate surface area is 156 Å². The SMILES string of the molecule is CCCN(C)c1ccc(C(=O)N2CCC(N(CC)CC(=O)O)CC2)cc1. The molecule has 1 fully saturated rings. The minimum absolute atomic E-state index is 0.0643. The van der Waals surface area contributed by atoms with Gasteiger partial charge in [-0.25, -0.2) is 0 Å². The predicted octanol–water partition coefficient (Wildman–Crippen LogP) is 2.54. The third-order valence-corrected chi connectivity index (χ3v) is 5.13. The minimum Gasteiger partial charge on any atom is -0.480 e. The van der Waals surface area contributed by atoms with Crippen molar-refractivity contribution < 1.29 is 14.7 Å². The lowest BCUT2D eigenvalue weighted by Crippen LogP contribution is -2.48. The second-order valence-electron chi connectivity index (χ2n) is 6.95. The molecule has 1 aliphatic heterocycles. The van der Waals surface area contributed by atoms with Crippen LogP contribution >= 0.6 is 0 Å². The molecule has 0 unspecified atom stereocenters. The van der Waals surface area contributed by atoms with Gasteiger partial charge in [0.1, 0.15) is 0 Å². The van der Waals surface area contributed by atoms with Crippen molar-refractivity contribution in [3.05, 3.63) is 29.8 Å². The van der Waals surface area contributed by atoms with Crippen LogP contribution in [0.15, 0.2) is 24.3 Å². The number of piperidine rings is 1. The zero-order chi connectivity index (χ0) is 19.1. The number of hydrogen-bond donors (Lipinski definition) is 1. The zero-order valence-electron chi connectivity index (χ0n) is 16.1. The van der Waals surface area contributed by atoms with Crippen LogP contribution in [-0.4, -0.2) is 72.6 Å². The molecular weight excluding hydrogens is 330 g/mol. The predicted molar refractivity (Wildman–Crippen MR) is 104 cm³/mol. The highest BCUT2D eigenvalue weighted by Gasteiger charge is 2.27. The Morgan fingerprint density at radius 1 is 1.15 bits per heavy atom. The molecule has 1 amide bonds. The molecule has 0 saturated carbocycles. The van der Waals surface area contributed by atoms with E-state index in [1.165, 1.54) is 0 Å². The highest BCUT2D eigenvalue weighted by molar-refractivity contribution is 5.94. The standard InChI is InChI=1S/C20H31N3O3/c1-4-12-21(3)17-8-6-16(7-9-17)20(26)23-13-10-18(11-14-23)22(5-2)15-19(24)25/h6-9,18H,4-5,10-15H2,1-3H3,(H,24,25). The second kappa shape index (κ2) is 9.57. The van der Waals surface area contributed by atoms with Gasteiger partial charge in [0.2, 0.25) is 0 Å². The Balaban J connectivity index is 1.92. The number of nitrogens with zero attached hydrogens (tertiary/aromatic N) is 3. The van der Waals surface area contributed by atoms with E-state index in [1.807, 2.05) is 41.0 Å². The molecule has 0 aliphatic carbocycles. The number of carbonyl (C=O) groups is 2. The number of rotatable bonds is 8. The topological polar surface area (TPSA) is 64.1 Å². The van der Waals surface area contributed by atoms with Crippen molar-refractivity contribution in [1.82, 2.24) is 9.80 Å². The quantitative estimate of drug-likeness (QED) is 0.771. The average molecular weight is 361 g/mol. The number of carboxylic acids is 1. The third kappa shape index (κ3) is 5.21. The van der Waals surface area contributed by atoms with Crippen molar-refractivity contribution in [2.45, 2.75) is 39.2 Å². The molecule has 26 heavy (non-hydrogen) atoms. The Bertz CT molecular complexity index is 595. The van der Waals surface area contributed by atoms with Crippen LogP contribution < -0.4 is 4.90 Å². The molecule has 2 rings (SSSR count). The molecule has 144 valence electrons. The number of hydrogen-bond acceptors (Lipinski definition) is 4. The third-order valence-electron chi connectivity index (χ3n) is 5.13. The van der Waals surface area contributed by atoms with Crippen molar-refractivity contribution in [1.29, 1.82) is 0 Å². The second-order valence-corrected chi connectivity index (χ2v) is 6.95. The Morgan fingerprint density at radius 3 is 2.27 bits per heavy atom. The number of likely N-dealkylation sites (tertiary alicyclic amines) is 1. The summed E-state index contributed by atoms with van der Waals surface area (Å²) in [6.07, 6.45) is 2.73. The Hall–Kier alpha value is -2.08. The summed E-state index contributed by atoms with van der Waals surface area (Å²) in [4.78, 5) is 29.8. The molecule has 1 aromatic carbocycles. The smallest absolute Gasteiger partial charge is 0.317 e. The Morgan fingerprint density at radius 2 is 1.77 bits per heavy atom. The maximum atomic E-state index is 12.7. The fourth-order valence-corrected chi connectivity index (χ4v) is 3.61. The van der Waals surface area contributed by atoms with Crippen LogP contribution in [-0.2, 0) is 4.79 Å². The number of likely N-dealkylation sites (N-methyl/N-ethyl adjacent to an activating group) is 1. The summed E-state index contributed by atoms with van der Waals surface area (Å²) in [5, 5.41) is 9.02. The molecule has 0 atom stereocenters. The summed E-state index contributed by atoms with van der Waals surface area (Å²) in [7, 11) is 2.06. The van der Waals surface area contributed by atoms with Gasteiger partial charge in [-0.1, -0.05) is 13.8 Å². The van der Waals surface area contributed by atoms with Gasteiger partial charge in [0.25, 0.3) is 5.91 Å². The molecule has 1 heterocycles. The number of aliphatic carboxylic acids is 1. The molecule has 1 N–H and O–H groups in total. The highest BCUT2D eigenvalue weighted by Crippen LogP contribution is 2.20. The maximum Gasteiger partial charge on any atom is 0.317 e. The van der Waals surface area contributed by atoms with Crippen molar-refractivity contribution in [3.63, 3.8) is 0 Å². The van der Waals surface area contributed by atoms with Crippen LogP contribution in [0.3, 0.4) is 0 Å². The lowest BCUT2D eigenvalue weighted by Gasteiger charge is -2.37. The lowest BCUT2D eigenvalue weighted by atomic mass is 10.0. The summed E-state index contributed by atoms with van der Waals surface area (Å²) >= 11 is 0. The van der Waals surface area contributed by atoms with Gasteiger partial charge in [-0.05, 0) is 50.1 Å². The molecule has 0 bridgehead atoms. The van der Waals surface area contributed by atoms with Crippen molar-refractivity contribution in [2.75, 3.05) is 44.7 Å². The maximum absolute atomic E-state index is 12.7. The van der Waals surface area contributed by atoms with Crippen molar-refractivity contribution in [2.24, 2.45) is 0 Å². The van der Waals surface area contributed by atoms with Gasteiger partial charge in [-0.3, -0.25) is 14.5 Å². The number of carboxylic acid groups (broad SMARTS) is 1. The van der Waals surface area contributed by atoms with Crippen LogP contribution in [0, 0.1) is 0 Å². The molecule has 6 heteroatoms. The number of amides is 1. The fourth-order valence-electron chi connectivity index (χ4n) is 3.61. The van der Waals surface area contributed by atoms with E-state index in [0.717, 1.165) is 43.6 Å². The zero-order valence-corrected chi connectivity index (χ0v) is 16.1. The first-order valence-corrected chi connectivity index (χ1v) is 9.52. The van der Waals surface area contributed by atoms with Gasteiger partial charge in [0.05, 0.1) is 6.54 Å². The van der Waals surface area contributed by atoms with E-state index in [1.54, 1.807) is 0 Å².